The first kappa shape index (κ1) is 34.6. The minimum absolute atomic E-state index is 0.0162. The number of carbonyl (C=O) groups is 6. The largest absolute Gasteiger partial charge is 0.459 e. The SMILES string of the molecule is C=CCNC(=O)C(=O)C(CCC)NC(=O)C1CC(C)CN1C(=O)C(NC(=O)NCC(=O)OC(C)(C)C)C(C)(C)C. The van der Waals surface area contributed by atoms with E-state index in [4.69, 9.17) is 4.74 Å². The van der Waals surface area contributed by atoms with E-state index in [9.17, 15) is 28.8 Å². The molecular formula is C28H47N5O7. The molecule has 40 heavy (non-hydrogen) atoms. The summed E-state index contributed by atoms with van der Waals surface area (Å²) in [6, 6.07) is -3.68. The maximum absolute atomic E-state index is 13.8. The Morgan fingerprint density at radius 2 is 1.65 bits per heavy atom. The summed E-state index contributed by atoms with van der Waals surface area (Å²) in [5.41, 5.74) is -1.45. The molecule has 1 aliphatic rings. The number of ketones is 1. The molecule has 1 saturated heterocycles. The van der Waals surface area contributed by atoms with Crippen LogP contribution < -0.4 is 21.3 Å². The van der Waals surface area contributed by atoms with Crippen molar-refractivity contribution in [2.75, 3.05) is 19.6 Å². The van der Waals surface area contributed by atoms with Gasteiger partial charge in [-0.1, -0.05) is 47.1 Å². The fourth-order valence-electron chi connectivity index (χ4n) is 4.30. The van der Waals surface area contributed by atoms with Crippen LogP contribution in [0.3, 0.4) is 0 Å². The van der Waals surface area contributed by atoms with Crippen LogP contribution in [0.4, 0.5) is 4.79 Å². The first-order valence-corrected chi connectivity index (χ1v) is 13.7. The average molecular weight is 566 g/mol. The van der Waals surface area contributed by atoms with Gasteiger partial charge < -0.3 is 30.9 Å². The van der Waals surface area contributed by atoms with Crippen molar-refractivity contribution in [3.05, 3.63) is 12.7 Å². The molecule has 0 spiro atoms. The normalized spacial score (nSPS) is 18.6. The number of ether oxygens (including phenoxy) is 1. The molecule has 1 aliphatic heterocycles. The van der Waals surface area contributed by atoms with E-state index < -0.39 is 64.6 Å². The Bertz CT molecular complexity index is 967. The minimum Gasteiger partial charge on any atom is -0.459 e. The highest BCUT2D eigenvalue weighted by Crippen LogP contribution is 2.28. The lowest BCUT2D eigenvalue weighted by molar-refractivity contribution is -0.153. The summed E-state index contributed by atoms with van der Waals surface area (Å²) in [5.74, 6) is -3.23. The molecule has 4 N–H and O–H groups in total. The Morgan fingerprint density at radius 1 is 1.02 bits per heavy atom. The van der Waals surface area contributed by atoms with E-state index in [1.165, 1.54) is 11.0 Å². The average Bonchev–Trinajstić information content (AvgIpc) is 3.23. The van der Waals surface area contributed by atoms with Gasteiger partial charge in [-0.15, -0.1) is 6.58 Å². The number of urea groups is 1. The standard InChI is InChI=1S/C28H47N5O7/c1-10-12-18(21(35)24(37)29-13-11-2)31-23(36)19-14-17(3)16-33(19)25(38)22(27(4,5)6)32-26(39)30-15-20(34)40-28(7,8)9/h11,17-19,22H,2,10,12-16H2,1,3-9H3,(H,29,37)(H,31,36)(H2,30,32,39). The zero-order valence-corrected chi connectivity index (χ0v) is 25.1. The lowest BCUT2D eigenvalue weighted by atomic mass is 9.85. The number of nitrogens with zero attached hydrogens (tertiary/aromatic N) is 1. The molecule has 0 saturated carbocycles. The summed E-state index contributed by atoms with van der Waals surface area (Å²) in [5, 5.41) is 10.2. The molecule has 0 aliphatic carbocycles. The van der Waals surface area contributed by atoms with Crippen LogP contribution in [0.5, 0.6) is 0 Å². The van der Waals surface area contributed by atoms with Crippen molar-refractivity contribution in [2.24, 2.45) is 11.3 Å². The minimum atomic E-state index is -1.04. The predicted molar refractivity (Wildman–Crippen MR) is 150 cm³/mol. The molecule has 0 bridgehead atoms. The molecule has 0 aromatic heterocycles. The Labute approximate surface area is 237 Å². The summed E-state index contributed by atoms with van der Waals surface area (Å²) in [6.07, 6.45) is 2.60. The van der Waals surface area contributed by atoms with Crippen LogP contribution >= 0.6 is 0 Å². The van der Waals surface area contributed by atoms with E-state index in [0.717, 1.165) is 0 Å². The molecule has 1 fully saturated rings. The van der Waals surface area contributed by atoms with Crippen molar-refractivity contribution in [2.45, 2.75) is 98.4 Å². The maximum Gasteiger partial charge on any atom is 0.325 e. The summed E-state index contributed by atoms with van der Waals surface area (Å²) >= 11 is 0. The van der Waals surface area contributed by atoms with Gasteiger partial charge in [-0.25, -0.2) is 4.79 Å². The maximum atomic E-state index is 13.8. The molecule has 226 valence electrons. The number of hydrogen-bond acceptors (Lipinski definition) is 7. The van der Waals surface area contributed by atoms with Crippen LogP contribution in [0.2, 0.25) is 0 Å². The van der Waals surface area contributed by atoms with Crippen LogP contribution in [0.15, 0.2) is 12.7 Å². The highest BCUT2D eigenvalue weighted by atomic mass is 16.6. The van der Waals surface area contributed by atoms with Crippen molar-refractivity contribution in [3.63, 3.8) is 0 Å². The van der Waals surface area contributed by atoms with Crippen LogP contribution in [0.1, 0.15) is 74.7 Å². The molecule has 4 atom stereocenters. The van der Waals surface area contributed by atoms with Crippen molar-refractivity contribution < 1.29 is 33.5 Å². The second-order valence-corrected chi connectivity index (χ2v) is 12.3. The summed E-state index contributed by atoms with van der Waals surface area (Å²) in [7, 11) is 0. The summed E-state index contributed by atoms with van der Waals surface area (Å²) in [4.78, 5) is 78.1. The van der Waals surface area contributed by atoms with E-state index in [2.05, 4.69) is 27.8 Å². The van der Waals surface area contributed by atoms with Gasteiger partial charge in [0.25, 0.3) is 5.91 Å². The number of nitrogens with one attached hydrogen (secondary N) is 4. The van der Waals surface area contributed by atoms with Crippen LogP contribution in [-0.4, -0.2) is 83.8 Å². The van der Waals surface area contributed by atoms with Crippen LogP contribution in [0.25, 0.3) is 0 Å². The highest BCUT2D eigenvalue weighted by molar-refractivity contribution is 6.38. The monoisotopic (exact) mass is 565 g/mol. The third-order valence-electron chi connectivity index (χ3n) is 6.14. The number of hydrogen-bond donors (Lipinski definition) is 4. The van der Waals surface area contributed by atoms with Gasteiger partial charge in [0.05, 0.1) is 6.04 Å². The fourth-order valence-corrected chi connectivity index (χ4v) is 4.30. The van der Waals surface area contributed by atoms with E-state index in [1.54, 1.807) is 41.5 Å². The molecule has 1 rings (SSSR count). The lowest BCUT2D eigenvalue weighted by Gasteiger charge is -2.35. The molecular weight excluding hydrogens is 518 g/mol. The van der Waals surface area contributed by atoms with Gasteiger partial charge in [0.2, 0.25) is 17.6 Å². The molecule has 12 nitrogen and oxygen atoms in total. The molecule has 4 unspecified atom stereocenters. The van der Waals surface area contributed by atoms with Gasteiger partial charge in [0.1, 0.15) is 24.2 Å². The Kier molecular flexibility index (Phi) is 12.8. The fraction of sp³-hybridized carbons (Fsp3) is 0.714. The number of likely N-dealkylation sites (tertiary alicyclic amines) is 1. The van der Waals surface area contributed by atoms with Crippen molar-refractivity contribution in [3.8, 4) is 0 Å². The van der Waals surface area contributed by atoms with Gasteiger partial charge in [-0.2, -0.15) is 0 Å². The first-order valence-electron chi connectivity index (χ1n) is 13.7. The first-order chi connectivity index (χ1) is 18.4. The van der Waals surface area contributed by atoms with E-state index >= 15 is 0 Å². The molecule has 1 heterocycles. The topological polar surface area (TPSA) is 163 Å². The molecule has 5 amide bonds. The van der Waals surface area contributed by atoms with Gasteiger partial charge >= 0.3 is 12.0 Å². The quantitative estimate of drug-likeness (QED) is 0.158. The van der Waals surface area contributed by atoms with Gasteiger partial charge in [0, 0.05) is 13.1 Å². The molecule has 0 radical (unpaired) electrons. The smallest absolute Gasteiger partial charge is 0.325 e. The summed E-state index contributed by atoms with van der Waals surface area (Å²) < 4.78 is 5.19. The van der Waals surface area contributed by atoms with Gasteiger partial charge in [-0.3, -0.25) is 24.0 Å². The van der Waals surface area contributed by atoms with Crippen molar-refractivity contribution >= 4 is 35.5 Å². The van der Waals surface area contributed by atoms with E-state index in [0.29, 0.717) is 12.8 Å². The third kappa shape index (κ3) is 11.0. The second kappa shape index (κ2) is 14.8. The highest BCUT2D eigenvalue weighted by Gasteiger charge is 2.44. The van der Waals surface area contributed by atoms with Gasteiger partial charge in [0.15, 0.2) is 0 Å². The Hall–Kier alpha value is -3.44. The van der Waals surface area contributed by atoms with Crippen LogP contribution in [-0.2, 0) is 28.7 Å². The summed E-state index contributed by atoms with van der Waals surface area (Å²) in [6.45, 7) is 17.7. The molecule has 0 aromatic rings. The third-order valence-corrected chi connectivity index (χ3v) is 6.14. The number of esters is 1. The zero-order valence-electron chi connectivity index (χ0n) is 25.1. The van der Waals surface area contributed by atoms with Crippen molar-refractivity contribution in [1.82, 2.24) is 26.2 Å². The molecule has 0 aromatic carbocycles. The lowest BCUT2D eigenvalue weighted by Crippen LogP contribution is -2.60. The van der Waals surface area contributed by atoms with Crippen LogP contribution in [0, 0.1) is 11.3 Å². The van der Waals surface area contributed by atoms with Gasteiger partial charge in [-0.05, 0) is 44.9 Å². The van der Waals surface area contributed by atoms with E-state index in [-0.39, 0.29) is 32.0 Å². The predicted octanol–water partition coefficient (Wildman–Crippen LogP) is 1.44. The number of amides is 5. The number of Topliss-reactive ketones (excluding diaryl/α,β-unsaturated/α-hetero) is 1. The zero-order chi connectivity index (χ0) is 30.8. The van der Waals surface area contributed by atoms with Crippen molar-refractivity contribution in [1.29, 1.82) is 0 Å². The van der Waals surface area contributed by atoms with E-state index in [1.807, 2.05) is 13.8 Å². The second-order valence-electron chi connectivity index (χ2n) is 12.3. The Morgan fingerprint density at radius 3 is 2.17 bits per heavy atom. The number of carbonyl (C=O) groups excluding carboxylic acids is 6. The molecule has 12 heteroatoms. The number of rotatable bonds is 12. The Balaban J connectivity index is 3.04.